The lowest BCUT2D eigenvalue weighted by Crippen LogP contribution is -1.95. The zero-order valence-corrected chi connectivity index (χ0v) is 12.9. The molecule has 2 heterocycles. The van der Waals surface area contributed by atoms with Crippen LogP contribution in [-0.4, -0.2) is 9.97 Å². The molecule has 3 aromatic rings. The molecule has 2 aromatic heterocycles. The molecule has 20 heavy (non-hydrogen) atoms. The smallest absolute Gasteiger partial charge is 0.140 e. The van der Waals surface area contributed by atoms with Gasteiger partial charge in [-0.25, -0.2) is 4.98 Å². The number of nitrogens with zero attached hydrogens (tertiary/aromatic N) is 1. The number of thiazole rings is 1. The zero-order chi connectivity index (χ0) is 14.1. The molecule has 0 bridgehead atoms. The van der Waals surface area contributed by atoms with Gasteiger partial charge in [0.25, 0.3) is 0 Å². The molecule has 0 aliphatic heterocycles. The highest BCUT2D eigenvalue weighted by atomic mass is 35.5. The predicted molar refractivity (Wildman–Crippen MR) is 83.8 cm³/mol. The summed E-state index contributed by atoms with van der Waals surface area (Å²) in [5.74, 6) is 1.15. The Morgan fingerprint density at radius 2 is 2.20 bits per heavy atom. The molecule has 3 nitrogen and oxygen atoms in total. The summed E-state index contributed by atoms with van der Waals surface area (Å²) >= 11 is 7.85. The number of hydrogen-bond acceptors (Lipinski definition) is 3. The highest BCUT2D eigenvalue weighted by molar-refractivity contribution is 7.09. The third kappa shape index (κ3) is 2.67. The van der Waals surface area contributed by atoms with Crippen molar-refractivity contribution in [3.63, 3.8) is 0 Å². The fourth-order valence-corrected chi connectivity index (χ4v) is 2.80. The van der Waals surface area contributed by atoms with Crippen LogP contribution in [0.5, 0.6) is 5.75 Å². The van der Waals surface area contributed by atoms with Gasteiger partial charge in [-0.1, -0.05) is 25.4 Å². The van der Waals surface area contributed by atoms with Crippen molar-refractivity contribution in [1.82, 2.24) is 9.97 Å². The van der Waals surface area contributed by atoms with Gasteiger partial charge in [-0.15, -0.1) is 11.3 Å². The van der Waals surface area contributed by atoms with Crippen LogP contribution in [0.2, 0.25) is 5.02 Å². The SMILES string of the molecule is CC(C)c1cc2cc(Cl)c(OCc3nccs3)cc2[nH]1. The van der Waals surface area contributed by atoms with Gasteiger partial charge < -0.3 is 9.72 Å². The molecular formula is C15H15ClN2OS. The van der Waals surface area contributed by atoms with E-state index in [2.05, 4.69) is 29.9 Å². The molecule has 0 aliphatic carbocycles. The van der Waals surface area contributed by atoms with Crippen LogP contribution >= 0.6 is 22.9 Å². The Morgan fingerprint density at radius 1 is 1.35 bits per heavy atom. The molecule has 0 unspecified atom stereocenters. The van der Waals surface area contributed by atoms with Gasteiger partial charge >= 0.3 is 0 Å². The maximum absolute atomic E-state index is 6.28. The second kappa shape index (κ2) is 5.46. The molecular weight excluding hydrogens is 292 g/mol. The molecule has 0 saturated carbocycles. The van der Waals surface area contributed by atoms with Gasteiger partial charge in [0, 0.05) is 34.2 Å². The number of rotatable bonds is 4. The fraction of sp³-hybridized carbons (Fsp3) is 0.267. The normalized spacial score (nSPS) is 11.4. The lowest BCUT2D eigenvalue weighted by Gasteiger charge is -2.06. The number of hydrogen-bond donors (Lipinski definition) is 1. The molecule has 0 atom stereocenters. The number of halogens is 1. The molecule has 0 fully saturated rings. The van der Waals surface area contributed by atoms with Crippen LogP contribution < -0.4 is 4.74 Å². The summed E-state index contributed by atoms with van der Waals surface area (Å²) in [4.78, 5) is 7.60. The van der Waals surface area contributed by atoms with Gasteiger partial charge in [-0.2, -0.15) is 0 Å². The van der Waals surface area contributed by atoms with Crippen molar-refractivity contribution in [3.05, 3.63) is 45.5 Å². The molecule has 0 amide bonds. The Hall–Kier alpha value is -1.52. The van der Waals surface area contributed by atoms with Crippen molar-refractivity contribution in [2.45, 2.75) is 26.4 Å². The van der Waals surface area contributed by atoms with Crippen LogP contribution in [0.4, 0.5) is 0 Å². The highest BCUT2D eigenvalue weighted by Crippen LogP contribution is 2.32. The molecule has 0 spiro atoms. The van der Waals surface area contributed by atoms with Gasteiger partial charge in [-0.05, 0) is 18.1 Å². The lowest BCUT2D eigenvalue weighted by molar-refractivity contribution is 0.306. The van der Waals surface area contributed by atoms with Crippen molar-refractivity contribution in [3.8, 4) is 5.75 Å². The number of aromatic amines is 1. The van der Waals surface area contributed by atoms with Crippen molar-refractivity contribution >= 4 is 33.8 Å². The summed E-state index contributed by atoms with van der Waals surface area (Å²) in [6.45, 7) is 4.76. The maximum atomic E-state index is 6.28. The second-order valence-corrected chi connectivity index (χ2v) is 6.35. The van der Waals surface area contributed by atoms with E-state index < -0.39 is 0 Å². The minimum Gasteiger partial charge on any atom is -0.485 e. The average molecular weight is 307 g/mol. The number of fused-ring (bicyclic) bond motifs is 1. The fourth-order valence-electron chi connectivity index (χ4n) is 2.04. The molecule has 104 valence electrons. The first-order chi connectivity index (χ1) is 9.63. The van der Waals surface area contributed by atoms with Gasteiger partial charge in [0.15, 0.2) is 0 Å². The molecule has 1 N–H and O–H groups in total. The monoisotopic (exact) mass is 306 g/mol. The standard InChI is InChI=1S/C15H15ClN2OS/c1-9(2)12-6-10-5-11(16)14(7-13(10)18-12)19-8-15-17-3-4-20-15/h3-7,9,18H,8H2,1-2H3. The molecule has 0 radical (unpaired) electrons. The van der Waals surface area contributed by atoms with Gasteiger partial charge in [0.05, 0.1) is 5.02 Å². The van der Waals surface area contributed by atoms with E-state index >= 15 is 0 Å². The van der Waals surface area contributed by atoms with Crippen LogP contribution in [0, 0.1) is 0 Å². The Kier molecular flexibility index (Phi) is 3.68. The van der Waals surface area contributed by atoms with E-state index in [0.717, 1.165) is 15.9 Å². The third-order valence-electron chi connectivity index (χ3n) is 3.15. The van der Waals surface area contributed by atoms with Crippen molar-refractivity contribution in [2.24, 2.45) is 0 Å². The van der Waals surface area contributed by atoms with E-state index in [4.69, 9.17) is 16.3 Å². The summed E-state index contributed by atoms with van der Waals surface area (Å²) in [5.41, 5.74) is 2.25. The predicted octanol–water partition coefficient (Wildman–Crippen LogP) is 4.98. The first-order valence-electron chi connectivity index (χ1n) is 6.47. The van der Waals surface area contributed by atoms with Crippen LogP contribution in [-0.2, 0) is 6.61 Å². The largest absolute Gasteiger partial charge is 0.485 e. The van der Waals surface area contributed by atoms with E-state index in [9.17, 15) is 0 Å². The van der Waals surface area contributed by atoms with Gasteiger partial charge in [0.2, 0.25) is 0 Å². The summed E-state index contributed by atoms with van der Waals surface area (Å²) in [7, 11) is 0. The number of H-pyrrole nitrogens is 1. The second-order valence-electron chi connectivity index (χ2n) is 4.96. The van der Waals surface area contributed by atoms with Crippen molar-refractivity contribution < 1.29 is 4.74 Å². The van der Waals surface area contributed by atoms with E-state index in [1.54, 1.807) is 17.5 Å². The quantitative estimate of drug-likeness (QED) is 0.738. The van der Waals surface area contributed by atoms with Crippen LogP contribution in [0.15, 0.2) is 29.8 Å². The topological polar surface area (TPSA) is 37.9 Å². The minimum absolute atomic E-state index is 0.445. The van der Waals surface area contributed by atoms with Crippen LogP contribution in [0.25, 0.3) is 10.9 Å². The van der Waals surface area contributed by atoms with Crippen LogP contribution in [0.1, 0.15) is 30.5 Å². The zero-order valence-electron chi connectivity index (χ0n) is 11.3. The molecule has 3 rings (SSSR count). The lowest BCUT2D eigenvalue weighted by atomic mass is 10.1. The number of aromatic nitrogens is 2. The maximum Gasteiger partial charge on any atom is 0.140 e. The van der Waals surface area contributed by atoms with Crippen molar-refractivity contribution in [1.29, 1.82) is 0 Å². The highest BCUT2D eigenvalue weighted by Gasteiger charge is 2.10. The summed E-state index contributed by atoms with van der Waals surface area (Å²) < 4.78 is 5.75. The Morgan fingerprint density at radius 3 is 2.90 bits per heavy atom. The van der Waals surface area contributed by atoms with Crippen LogP contribution in [0.3, 0.4) is 0 Å². The summed E-state index contributed by atoms with van der Waals surface area (Å²) in [6, 6.07) is 6.03. The number of nitrogens with one attached hydrogen (secondary N) is 1. The average Bonchev–Trinajstić information content (AvgIpc) is 3.04. The van der Waals surface area contributed by atoms with E-state index in [0.29, 0.717) is 23.3 Å². The van der Waals surface area contributed by atoms with E-state index in [1.807, 2.05) is 17.5 Å². The summed E-state index contributed by atoms with van der Waals surface area (Å²) in [5, 5.41) is 4.61. The molecule has 1 aromatic carbocycles. The van der Waals surface area contributed by atoms with Gasteiger partial charge in [0.1, 0.15) is 17.4 Å². The van der Waals surface area contributed by atoms with Gasteiger partial charge in [-0.3, -0.25) is 0 Å². The van der Waals surface area contributed by atoms with Crippen molar-refractivity contribution in [2.75, 3.05) is 0 Å². The van der Waals surface area contributed by atoms with E-state index in [1.165, 1.54) is 5.69 Å². The molecule has 0 saturated heterocycles. The third-order valence-corrected chi connectivity index (χ3v) is 4.20. The Balaban J connectivity index is 1.88. The Labute approximate surface area is 126 Å². The van der Waals surface area contributed by atoms with E-state index in [-0.39, 0.29) is 0 Å². The first-order valence-corrected chi connectivity index (χ1v) is 7.72. The molecule has 5 heteroatoms. The minimum atomic E-state index is 0.445. The first kappa shape index (κ1) is 13.5. The number of benzene rings is 1. The number of ether oxygens (including phenoxy) is 1. The Bertz CT molecular complexity index is 719. The molecule has 0 aliphatic rings. The summed E-state index contributed by atoms with van der Waals surface area (Å²) in [6.07, 6.45) is 1.77.